The first-order chi connectivity index (χ1) is 9.65. The van der Waals surface area contributed by atoms with Gasteiger partial charge in [0.1, 0.15) is 0 Å². The van der Waals surface area contributed by atoms with E-state index in [0.29, 0.717) is 19.4 Å². The third-order valence-electron chi connectivity index (χ3n) is 3.05. The summed E-state index contributed by atoms with van der Waals surface area (Å²) in [5.74, 6) is 0.0557. The minimum absolute atomic E-state index is 0.0557. The number of carbonyl (C=O) groups excluding carboxylic acids is 1. The summed E-state index contributed by atoms with van der Waals surface area (Å²) in [6, 6.07) is 7.65. The van der Waals surface area contributed by atoms with E-state index < -0.39 is 0 Å². The number of aromatic nitrogens is 1. The molecule has 1 aromatic carbocycles. The lowest BCUT2D eigenvalue weighted by Crippen LogP contribution is -2.26. The maximum absolute atomic E-state index is 11.8. The number of thiazole rings is 1. The molecular formula is C15H19N3OS. The van der Waals surface area contributed by atoms with Crippen molar-refractivity contribution in [3.8, 4) is 0 Å². The Morgan fingerprint density at radius 3 is 2.85 bits per heavy atom. The van der Waals surface area contributed by atoms with Crippen molar-refractivity contribution in [1.82, 2.24) is 10.3 Å². The summed E-state index contributed by atoms with van der Waals surface area (Å²) in [5.41, 5.74) is 8.66. The van der Waals surface area contributed by atoms with E-state index in [4.69, 9.17) is 5.73 Å². The number of hydrogen-bond donors (Lipinski definition) is 2. The first-order valence-electron chi connectivity index (χ1n) is 6.66. The van der Waals surface area contributed by atoms with E-state index >= 15 is 0 Å². The molecule has 20 heavy (non-hydrogen) atoms. The minimum Gasteiger partial charge on any atom is -0.399 e. The van der Waals surface area contributed by atoms with Crippen molar-refractivity contribution in [3.63, 3.8) is 0 Å². The topological polar surface area (TPSA) is 68.0 Å². The summed E-state index contributed by atoms with van der Waals surface area (Å²) in [5, 5.41) is 6.01. The molecule has 5 heteroatoms. The number of nitrogens with one attached hydrogen (secondary N) is 1. The second-order valence-electron chi connectivity index (χ2n) is 4.66. The Balaban J connectivity index is 1.69. The highest BCUT2D eigenvalue weighted by atomic mass is 32.1. The average molecular weight is 289 g/mol. The van der Waals surface area contributed by atoms with Crippen LogP contribution in [0.5, 0.6) is 0 Å². The van der Waals surface area contributed by atoms with Gasteiger partial charge < -0.3 is 11.1 Å². The van der Waals surface area contributed by atoms with Crippen LogP contribution in [0.3, 0.4) is 0 Å². The fraction of sp³-hybridized carbons (Fsp3) is 0.333. The van der Waals surface area contributed by atoms with Crippen molar-refractivity contribution < 1.29 is 4.79 Å². The van der Waals surface area contributed by atoms with Gasteiger partial charge in [0, 0.05) is 30.5 Å². The number of rotatable bonds is 6. The predicted molar refractivity (Wildman–Crippen MR) is 82.7 cm³/mol. The summed E-state index contributed by atoms with van der Waals surface area (Å²) in [6.07, 6.45) is 1.92. The van der Waals surface area contributed by atoms with Crippen molar-refractivity contribution >= 4 is 22.9 Å². The van der Waals surface area contributed by atoms with Crippen LogP contribution in [0.25, 0.3) is 0 Å². The molecular weight excluding hydrogens is 270 g/mol. The molecule has 0 aliphatic carbocycles. The first-order valence-corrected chi connectivity index (χ1v) is 7.54. The maximum atomic E-state index is 11.8. The Morgan fingerprint density at radius 1 is 1.35 bits per heavy atom. The lowest BCUT2D eigenvalue weighted by molar-refractivity contribution is -0.121. The predicted octanol–water partition coefficient (Wildman–Crippen LogP) is 2.33. The van der Waals surface area contributed by atoms with Crippen LogP contribution in [0.2, 0.25) is 0 Å². The van der Waals surface area contributed by atoms with Crippen LogP contribution in [0.15, 0.2) is 29.6 Å². The summed E-state index contributed by atoms with van der Waals surface area (Å²) in [6.45, 7) is 2.61. The molecule has 0 unspecified atom stereocenters. The van der Waals surface area contributed by atoms with Crippen LogP contribution in [0.1, 0.15) is 22.7 Å². The minimum atomic E-state index is 0.0557. The second-order valence-corrected chi connectivity index (χ2v) is 5.72. The normalized spacial score (nSPS) is 10.4. The lowest BCUT2D eigenvalue weighted by Gasteiger charge is -2.06. The van der Waals surface area contributed by atoms with Crippen LogP contribution in [0, 0.1) is 6.92 Å². The number of hydrogen-bond acceptors (Lipinski definition) is 4. The van der Waals surface area contributed by atoms with E-state index in [-0.39, 0.29) is 5.91 Å². The number of anilines is 1. The van der Waals surface area contributed by atoms with Gasteiger partial charge >= 0.3 is 0 Å². The largest absolute Gasteiger partial charge is 0.399 e. The van der Waals surface area contributed by atoms with Crippen molar-refractivity contribution in [2.24, 2.45) is 0 Å². The molecule has 0 saturated heterocycles. The Labute approximate surface area is 123 Å². The van der Waals surface area contributed by atoms with E-state index in [1.54, 1.807) is 11.3 Å². The molecule has 0 radical (unpaired) electrons. The molecule has 1 aromatic heterocycles. The third-order valence-corrected chi connectivity index (χ3v) is 3.87. The number of carbonyl (C=O) groups is 1. The standard InChI is InChI=1S/C15H19N3OS/c1-11-18-13(10-20-11)8-9-17-15(19)7-6-12-4-2-3-5-14(12)16/h2-5,10H,6-9,16H2,1H3,(H,17,19). The number of amides is 1. The Bertz CT molecular complexity index is 580. The van der Waals surface area contributed by atoms with E-state index in [2.05, 4.69) is 10.3 Å². The second kappa shape index (κ2) is 7.05. The first kappa shape index (κ1) is 14.5. The van der Waals surface area contributed by atoms with Crippen LogP contribution in [-0.2, 0) is 17.6 Å². The Hall–Kier alpha value is -1.88. The molecule has 2 aromatic rings. The number of nitrogens with zero attached hydrogens (tertiary/aromatic N) is 1. The monoisotopic (exact) mass is 289 g/mol. The van der Waals surface area contributed by atoms with Gasteiger partial charge in [-0.15, -0.1) is 11.3 Å². The summed E-state index contributed by atoms with van der Waals surface area (Å²) in [4.78, 5) is 16.1. The van der Waals surface area contributed by atoms with Gasteiger partial charge in [-0.3, -0.25) is 4.79 Å². The highest BCUT2D eigenvalue weighted by Crippen LogP contribution is 2.12. The highest BCUT2D eigenvalue weighted by Gasteiger charge is 2.05. The smallest absolute Gasteiger partial charge is 0.220 e. The molecule has 1 amide bonds. The molecule has 106 valence electrons. The van der Waals surface area contributed by atoms with Gasteiger partial charge in [-0.1, -0.05) is 18.2 Å². The summed E-state index contributed by atoms with van der Waals surface area (Å²) in [7, 11) is 0. The number of nitrogen functional groups attached to an aromatic ring is 1. The van der Waals surface area contributed by atoms with Gasteiger partial charge in [0.05, 0.1) is 10.7 Å². The fourth-order valence-corrected chi connectivity index (χ4v) is 2.60. The fourth-order valence-electron chi connectivity index (χ4n) is 1.95. The van der Waals surface area contributed by atoms with Gasteiger partial charge in [0.15, 0.2) is 0 Å². The van der Waals surface area contributed by atoms with Crippen LogP contribution >= 0.6 is 11.3 Å². The average Bonchev–Trinajstić information content (AvgIpc) is 2.83. The third kappa shape index (κ3) is 4.35. The molecule has 2 rings (SSSR count). The van der Waals surface area contributed by atoms with Gasteiger partial charge in [0.2, 0.25) is 5.91 Å². The van der Waals surface area contributed by atoms with Crippen LogP contribution in [0.4, 0.5) is 5.69 Å². The number of aryl methyl sites for hydroxylation is 2. The number of nitrogens with two attached hydrogens (primary N) is 1. The van der Waals surface area contributed by atoms with Crippen molar-refractivity contribution in [2.45, 2.75) is 26.2 Å². The number of benzene rings is 1. The zero-order valence-electron chi connectivity index (χ0n) is 11.6. The van der Waals surface area contributed by atoms with Crippen LogP contribution < -0.4 is 11.1 Å². The molecule has 0 atom stereocenters. The van der Waals surface area contributed by atoms with E-state index in [1.165, 1.54) is 0 Å². The van der Waals surface area contributed by atoms with E-state index in [1.807, 2.05) is 36.6 Å². The SMILES string of the molecule is Cc1nc(CCNC(=O)CCc2ccccc2N)cs1. The van der Waals surface area contributed by atoms with Crippen molar-refractivity contribution in [1.29, 1.82) is 0 Å². The molecule has 0 bridgehead atoms. The van der Waals surface area contributed by atoms with Gasteiger partial charge in [-0.2, -0.15) is 0 Å². The quantitative estimate of drug-likeness (QED) is 0.802. The maximum Gasteiger partial charge on any atom is 0.220 e. The van der Waals surface area contributed by atoms with Gasteiger partial charge in [-0.25, -0.2) is 4.98 Å². The van der Waals surface area contributed by atoms with E-state index in [9.17, 15) is 4.79 Å². The molecule has 0 aliphatic heterocycles. The molecule has 0 saturated carbocycles. The molecule has 0 aliphatic rings. The molecule has 0 spiro atoms. The van der Waals surface area contributed by atoms with E-state index in [0.717, 1.165) is 28.4 Å². The van der Waals surface area contributed by atoms with Crippen LogP contribution in [-0.4, -0.2) is 17.4 Å². The zero-order valence-corrected chi connectivity index (χ0v) is 12.4. The Kier molecular flexibility index (Phi) is 5.12. The van der Waals surface area contributed by atoms with Gasteiger partial charge in [0.25, 0.3) is 0 Å². The summed E-state index contributed by atoms with van der Waals surface area (Å²) >= 11 is 1.63. The lowest BCUT2D eigenvalue weighted by atomic mass is 10.1. The van der Waals surface area contributed by atoms with Crippen molar-refractivity contribution in [2.75, 3.05) is 12.3 Å². The molecule has 1 heterocycles. The van der Waals surface area contributed by atoms with Crippen molar-refractivity contribution in [3.05, 3.63) is 45.9 Å². The number of para-hydroxylation sites is 1. The van der Waals surface area contributed by atoms with Gasteiger partial charge in [-0.05, 0) is 25.0 Å². The summed E-state index contributed by atoms with van der Waals surface area (Å²) < 4.78 is 0. The Morgan fingerprint density at radius 2 is 2.15 bits per heavy atom. The zero-order chi connectivity index (χ0) is 14.4. The molecule has 0 fully saturated rings. The molecule has 4 nitrogen and oxygen atoms in total. The molecule has 3 N–H and O–H groups in total. The highest BCUT2D eigenvalue weighted by molar-refractivity contribution is 7.09.